The van der Waals surface area contributed by atoms with Crippen molar-refractivity contribution in [2.45, 2.75) is 51.6 Å². The van der Waals surface area contributed by atoms with Gasteiger partial charge in [0.2, 0.25) is 0 Å². The van der Waals surface area contributed by atoms with Crippen molar-refractivity contribution in [3.8, 4) is 0 Å². The van der Waals surface area contributed by atoms with E-state index in [1.54, 1.807) is 0 Å². The highest BCUT2D eigenvalue weighted by atomic mass is 15.2. The minimum atomic E-state index is 0.752. The Morgan fingerprint density at radius 1 is 0.938 bits per heavy atom. The molecule has 2 nitrogen and oxygen atoms in total. The molecule has 16 heavy (non-hydrogen) atoms. The predicted molar refractivity (Wildman–Crippen MR) is 67.5 cm³/mol. The highest BCUT2D eigenvalue weighted by Crippen LogP contribution is 2.41. The van der Waals surface area contributed by atoms with E-state index < -0.39 is 0 Å². The van der Waals surface area contributed by atoms with Gasteiger partial charge in [-0.05, 0) is 64.5 Å². The molecule has 2 heteroatoms. The molecular formula is C14H26N2. The Labute approximate surface area is 100.0 Å². The van der Waals surface area contributed by atoms with Crippen molar-refractivity contribution in [2.75, 3.05) is 26.2 Å². The molecule has 0 aromatic rings. The maximum absolute atomic E-state index is 2.82. The van der Waals surface area contributed by atoms with E-state index in [9.17, 15) is 0 Å². The summed E-state index contributed by atoms with van der Waals surface area (Å²) in [5, 5.41) is 0. The number of fused-ring (bicyclic) bond motifs is 2. The topological polar surface area (TPSA) is 6.48 Å². The van der Waals surface area contributed by atoms with Crippen molar-refractivity contribution < 1.29 is 0 Å². The Bertz CT molecular complexity index is 231. The van der Waals surface area contributed by atoms with Crippen LogP contribution in [0.5, 0.6) is 0 Å². The summed E-state index contributed by atoms with van der Waals surface area (Å²) in [5.74, 6) is 1.97. The van der Waals surface area contributed by atoms with E-state index in [-0.39, 0.29) is 0 Å². The van der Waals surface area contributed by atoms with E-state index in [0.717, 1.165) is 23.9 Å². The molecule has 0 radical (unpaired) electrons. The van der Waals surface area contributed by atoms with Crippen molar-refractivity contribution in [3.63, 3.8) is 0 Å². The largest absolute Gasteiger partial charge is 0.300 e. The summed E-state index contributed by atoms with van der Waals surface area (Å²) < 4.78 is 0. The van der Waals surface area contributed by atoms with Gasteiger partial charge in [-0.1, -0.05) is 0 Å². The predicted octanol–water partition coefficient (Wildman–Crippen LogP) is 2.20. The van der Waals surface area contributed by atoms with Crippen LogP contribution in [0.15, 0.2) is 0 Å². The van der Waals surface area contributed by atoms with Crippen molar-refractivity contribution in [3.05, 3.63) is 0 Å². The second-order valence-corrected chi connectivity index (χ2v) is 6.38. The quantitative estimate of drug-likeness (QED) is 0.707. The van der Waals surface area contributed by atoms with Crippen LogP contribution in [0.3, 0.4) is 0 Å². The Balaban J connectivity index is 1.70. The zero-order chi connectivity index (χ0) is 11.1. The summed E-state index contributed by atoms with van der Waals surface area (Å²) in [5.41, 5.74) is 0. The van der Waals surface area contributed by atoms with E-state index >= 15 is 0 Å². The molecule has 2 aliphatic heterocycles. The van der Waals surface area contributed by atoms with Crippen LogP contribution >= 0.6 is 0 Å². The van der Waals surface area contributed by atoms with Gasteiger partial charge in [-0.15, -0.1) is 0 Å². The summed E-state index contributed by atoms with van der Waals surface area (Å²) in [7, 11) is 0. The molecule has 2 unspecified atom stereocenters. The van der Waals surface area contributed by atoms with Crippen LogP contribution in [0.2, 0.25) is 0 Å². The lowest BCUT2D eigenvalue weighted by Gasteiger charge is -2.44. The summed E-state index contributed by atoms with van der Waals surface area (Å²) in [6, 6.07) is 1.71. The van der Waals surface area contributed by atoms with Gasteiger partial charge in [0.05, 0.1) is 0 Å². The molecule has 0 aromatic carbocycles. The van der Waals surface area contributed by atoms with E-state index in [2.05, 4.69) is 23.6 Å². The third kappa shape index (κ3) is 1.80. The van der Waals surface area contributed by atoms with Gasteiger partial charge >= 0.3 is 0 Å². The number of likely N-dealkylation sites (tertiary alicyclic amines) is 2. The van der Waals surface area contributed by atoms with Gasteiger partial charge in [-0.25, -0.2) is 0 Å². The van der Waals surface area contributed by atoms with Crippen molar-refractivity contribution >= 4 is 0 Å². The SMILES string of the molecule is CC(C)N1CC2CCC(C1)C2N1CCCC1. The molecule has 0 spiro atoms. The van der Waals surface area contributed by atoms with Crippen LogP contribution in [0.1, 0.15) is 39.5 Å². The van der Waals surface area contributed by atoms with E-state index in [1.165, 1.54) is 51.9 Å². The molecule has 1 aliphatic carbocycles. The van der Waals surface area contributed by atoms with Gasteiger partial charge in [0, 0.05) is 25.2 Å². The molecule has 0 N–H and O–H groups in total. The summed E-state index contributed by atoms with van der Waals surface area (Å²) in [4.78, 5) is 5.54. The highest BCUT2D eigenvalue weighted by Gasteiger charge is 2.45. The van der Waals surface area contributed by atoms with Crippen LogP contribution in [-0.2, 0) is 0 Å². The fraction of sp³-hybridized carbons (Fsp3) is 1.00. The standard InChI is InChI=1S/C14H26N2/c1-11(2)16-9-12-5-6-13(10-16)14(12)15-7-3-4-8-15/h11-14H,3-10H2,1-2H3. The Morgan fingerprint density at radius 2 is 1.50 bits per heavy atom. The molecule has 92 valence electrons. The van der Waals surface area contributed by atoms with Gasteiger partial charge in [0.15, 0.2) is 0 Å². The first-order valence-electron chi connectivity index (χ1n) is 7.24. The van der Waals surface area contributed by atoms with Crippen LogP contribution in [0.4, 0.5) is 0 Å². The van der Waals surface area contributed by atoms with Gasteiger partial charge in [-0.2, -0.15) is 0 Å². The first-order chi connectivity index (χ1) is 7.75. The molecule has 2 saturated heterocycles. The number of rotatable bonds is 2. The highest BCUT2D eigenvalue weighted by molar-refractivity contribution is 4.99. The lowest BCUT2D eigenvalue weighted by molar-refractivity contribution is 0.0455. The average molecular weight is 222 g/mol. The molecule has 0 amide bonds. The summed E-state index contributed by atoms with van der Waals surface area (Å²) in [6.07, 6.45) is 5.89. The molecule has 0 aromatic heterocycles. The molecule has 2 bridgehead atoms. The first-order valence-corrected chi connectivity index (χ1v) is 7.24. The summed E-state index contributed by atoms with van der Waals surface area (Å²) >= 11 is 0. The van der Waals surface area contributed by atoms with Crippen LogP contribution in [-0.4, -0.2) is 48.1 Å². The van der Waals surface area contributed by atoms with Crippen LogP contribution in [0.25, 0.3) is 0 Å². The van der Waals surface area contributed by atoms with Crippen molar-refractivity contribution in [1.82, 2.24) is 9.80 Å². The molecule has 2 atom stereocenters. The molecule has 3 rings (SSSR count). The van der Waals surface area contributed by atoms with Gasteiger partial charge in [-0.3, -0.25) is 4.90 Å². The van der Waals surface area contributed by atoms with Gasteiger partial charge in [0.25, 0.3) is 0 Å². The van der Waals surface area contributed by atoms with Gasteiger partial charge < -0.3 is 4.90 Å². The minimum absolute atomic E-state index is 0.752. The van der Waals surface area contributed by atoms with Crippen molar-refractivity contribution in [2.24, 2.45) is 11.8 Å². The van der Waals surface area contributed by atoms with E-state index in [4.69, 9.17) is 0 Å². The average Bonchev–Trinajstić information content (AvgIpc) is 2.83. The molecule has 2 heterocycles. The van der Waals surface area contributed by atoms with Crippen LogP contribution < -0.4 is 0 Å². The fourth-order valence-corrected chi connectivity index (χ4v) is 4.29. The smallest absolute Gasteiger partial charge is 0.0176 e. The lowest BCUT2D eigenvalue weighted by Crippen LogP contribution is -2.53. The van der Waals surface area contributed by atoms with Gasteiger partial charge in [0.1, 0.15) is 0 Å². The Hall–Kier alpha value is -0.0800. The first kappa shape index (κ1) is 11.0. The fourth-order valence-electron chi connectivity index (χ4n) is 4.29. The normalized spacial score (nSPS) is 41.1. The molecular weight excluding hydrogens is 196 g/mol. The minimum Gasteiger partial charge on any atom is -0.300 e. The second kappa shape index (κ2) is 4.30. The number of hydrogen-bond donors (Lipinski definition) is 0. The molecule has 3 fully saturated rings. The zero-order valence-electron chi connectivity index (χ0n) is 10.9. The summed E-state index contributed by atoms with van der Waals surface area (Å²) in [6.45, 7) is 10.2. The van der Waals surface area contributed by atoms with E-state index in [1.807, 2.05) is 0 Å². The second-order valence-electron chi connectivity index (χ2n) is 6.38. The molecule has 1 saturated carbocycles. The maximum Gasteiger partial charge on any atom is 0.0176 e. The zero-order valence-corrected chi connectivity index (χ0v) is 10.9. The Kier molecular flexibility index (Phi) is 2.97. The third-order valence-electron chi connectivity index (χ3n) is 5.10. The Morgan fingerprint density at radius 3 is 2.00 bits per heavy atom. The van der Waals surface area contributed by atoms with E-state index in [0.29, 0.717) is 0 Å². The third-order valence-corrected chi connectivity index (χ3v) is 5.10. The maximum atomic E-state index is 2.82. The lowest BCUT2D eigenvalue weighted by atomic mass is 9.90. The van der Waals surface area contributed by atoms with Crippen LogP contribution in [0, 0.1) is 11.8 Å². The monoisotopic (exact) mass is 222 g/mol. The van der Waals surface area contributed by atoms with Crippen molar-refractivity contribution in [1.29, 1.82) is 0 Å². The number of nitrogens with zero attached hydrogens (tertiary/aromatic N) is 2. The number of piperidine rings is 1. The molecule has 3 aliphatic rings. The number of hydrogen-bond acceptors (Lipinski definition) is 2.